The molecule has 0 aliphatic carbocycles. The lowest BCUT2D eigenvalue weighted by molar-refractivity contribution is -0.122. The fourth-order valence-corrected chi connectivity index (χ4v) is 1.39. The molecule has 1 amide bonds. The smallest absolute Gasteiger partial charge is 0.231 e. The highest BCUT2D eigenvalue weighted by atomic mass is 16.5. The fraction of sp³-hybridized carbons (Fsp3) is 0.875. The zero-order chi connectivity index (χ0) is 9.14. The summed E-state index contributed by atoms with van der Waals surface area (Å²) in [4.78, 5) is 12.7. The highest BCUT2D eigenvalue weighted by Crippen LogP contribution is 2.09. The zero-order valence-electron chi connectivity index (χ0n) is 7.62. The number of nitrogens with zero attached hydrogens (tertiary/aromatic N) is 1. The Kier molecular flexibility index (Phi) is 3.05. The van der Waals surface area contributed by atoms with Gasteiger partial charge in [-0.05, 0) is 13.8 Å². The average molecular weight is 172 g/mol. The molecule has 12 heavy (non-hydrogen) atoms. The first kappa shape index (κ1) is 9.48. The van der Waals surface area contributed by atoms with E-state index in [-0.39, 0.29) is 12.0 Å². The number of carbonyl (C=O) groups excluding carboxylic acids is 1. The molecule has 1 saturated heterocycles. The van der Waals surface area contributed by atoms with Crippen LogP contribution in [0.3, 0.4) is 0 Å². The lowest BCUT2D eigenvalue weighted by atomic mass is 10.2. The van der Waals surface area contributed by atoms with Crippen molar-refractivity contribution in [2.24, 2.45) is 5.73 Å². The molecule has 0 aromatic carbocycles. The fourth-order valence-electron chi connectivity index (χ4n) is 1.39. The second kappa shape index (κ2) is 3.87. The van der Waals surface area contributed by atoms with E-state index in [0.717, 1.165) is 6.54 Å². The SMILES string of the molecule is CC1CN(CC(N)=O)C(C)CO1. The van der Waals surface area contributed by atoms with Crippen LogP contribution in [0.2, 0.25) is 0 Å². The summed E-state index contributed by atoms with van der Waals surface area (Å²) >= 11 is 0. The third-order valence-corrected chi connectivity index (χ3v) is 2.10. The molecular weight excluding hydrogens is 156 g/mol. The summed E-state index contributed by atoms with van der Waals surface area (Å²) in [6.45, 7) is 5.86. The van der Waals surface area contributed by atoms with Gasteiger partial charge in [-0.15, -0.1) is 0 Å². The van der Waals surface area contributed by atoms with Crippen molar-refractivity contribution in [3.8, 4) is 0 Å². The van der Waals surface area contributed by atoms with E-state index in [4.69, 9.17) is 10.5 Å². The second-order valence-corrected chi connectivity index (χ2v) is 3.39. The van der Waals surface area contributed by atoms with Gasteiger partial charge in [0.2, 0.25) is 5.91 Å². The number of nitrogens with two attached hydrogens (primary N) is 1. The van der Waals surface area contributed by atoms with Crippen LogP contribution in [0.25, 0.3) is 0 Å². The average Bonchev–Trinajstić information content (AvgIpc) is 1.96. The molecule has 4 heteroatoms. The van der Waals surface area contributed by atoms with Crippen molar-refractivity contribution in [3.05, 3.63) is 0 Å². The zero-order valence-corrected chi connectivity index (χ0v) is 7.62. The molecule has 1 aliphatic rings. The van der Waals surface area contributed by atoms with Crippen LogP contribution in [-0.4, -0.2) is 42.6 Å². The quantitative estimate of drug-likeness (QED) is 0.615. The summed E-state index contributed by atoms with van der Waals surface area (Å²) in [5.41, 5.74) is 5.11. The first-order valence-corrected chi connectivity index (χ1v) is 4.23. The maximum absolute atomic E-state index is 10.7. The number of hydrogen-bond donors (Lipinski definition) is 1. The molecule has 0 saturated carbocycles. The molecule has 1 heterocycles. The predicted octanol–water partition coefficient (Wildman–Crippen LogP) is -0.419. The van der Waals surface area contributed by atoms with Crippen LogP contribution >= 0.6 is 0 Å². The first-order chi connectivity index (χ1) is 5.59. The lowest BCUT2D eigenvalue weighted by Crippen LogP contribution is -2.50. The van der Waals surface area contributed by atoms with Gasteiger partial charge in [0.25, 0.3) is 0 Å². The summed E-state index contributed by atoms with van der Waals surface area (Å²) in [5, 5.41) is 0. The van der Waals surface area contributed by atoms with Crippen molar-refractivity contribution in [1.29, 1.82) is 0 Å². The van der Waals surface area contributed by atoms with Gasteiger partial charge in [-0.25, -0.2) is 0 Å². The number of primary amides is 1. The molecule has 1 rings (SSSR count). The van der Waals surface area contributed by atoms with Crippen LogP contribution in [0.4, 0.5) is 0 Å². The molecule has 2 atom stereocenters. The highest BCUT2D eigenvalue weighted by Gasteiger charge is 2.23. The van der Waals surface area contributed by atoms with E-state index in [1.807, 2.05) is 13.8 Å². The van der Waals surface area contributed by atoms with Crippen molar-refractivity contribution < 1.29 is 9.53 Å². The molecule has 0 aromatic rings. The number of amides is 1. The summed E-state index contributed by atoms with van der Waals surface area (Å²) in [6.07, 6.45) is 0.209. The second-order valence-electron chi connectivity index (χ2n) is 3.39. The molecule has 0 radical (unpaired) electrons. The van der Waals surface area contributed by atoms with Gasteiger partial charge in [-0.3, -0.25) is 9.69 Å². The number of rotatable bonds is 2. The van der Waals surface area contributed by atoms with Crippen LogP contribution in [0, 0.1) is 0 Å². The summed E-state index contributed by atoms with van der Waals surface area (Å²) < 4.78 is 5.41. The topological polar surface area (TPSA) is 55.6 Å². The Morgan fingerprint density at radius 3 is 2.92 bits per heavy atom. The molecule has 2 N–H and O–H groups in total. The largest absolute Gasteiger partial charge is 0.376 e. The van der Waals surface area contributed by atoms with Crippen molar-refractivity contribution >= 4 is 5.91 Å². The Bertz CT molecular complexity index is 172. The van der Waals surface area contributed by atoms with Gasteiger partial charge in [0.1, 0.15) is 0 Å². The van der Waals surface area contributed by atoms with Gasteiger partial charge in [0, 0.05) is 12.6 Å². The standard InChI is InChI=1S/C8H16N2O2/c1-6-5-12-7(2)3-10(6)4-8(9)11/h6-7H,3-5H2,1-2H3,(H2,9,11). The van der Waals surface area contributed by atoms with Crippen LogP contribution in [0.15, 0.2) is 0 Å². The number of morpholine rings is 1. The molecule has 70 valence electrons. The molecule has 0 spiro atoms. The van der Waals surface area contributed by atoms with E-state index in [0.29, 0.717) is 19.2 Å². The Labute approximate surface area is 72.7 Å². The Morgan fingerprint density at radius 1 is 1.67 bits per heavy atom. The van der Waals surface area contributed by atoms with Crippen molar-refractivity contribution in [3.63, 3.8) is 0 Å². The maximum Gasteiger partial charge on any atom is 0.231 e. The van der Waals surface area contributed by atoms with Gasteiger partial charge < -0.3 is 10.5 Å². The van der Waals surface area contributed by atoms with E-state index >= 15 is 0 Å². The van der Waals surface area contributed by atoms with Crippen LogP contribution in [-0.2, 0) is 9.53 Å². The number of ether oxygens (including phenoxy) is 1. The maximum atomic E-state index is 10.7. The van der Waals surface area contributed by atoms with Gasteiger partial charge in [-0.1, -0.05) is 0 Å². The highest BCUT2D eigenvalue weighted by molar-refractivity contribution is 5.75. The third-order valence-electron chi connectivity index (χ3n) is 2.10. The first-order valence-electron chi connectivity index (χ1n) is 4.23. The van der Waals surface area contributed by atoms with E-state index in [1.165, 1.54) is 0 Å². The third kappa shape index (κ3) is 2.46. The molecular formula is C8H16N2O2. The summed E-state index contributed by atoms with van der Waals surface area (Å²) in [7, 11) is 0. The minimum atomic E-state index is -0.268. The van der Waals surface area contributed by atoms with E-state index in [9.17, 15) is 4.79 Å². The van der Waals surface area contributed by atoms with Crippen molar-refractivity contribution in [1.82, 2.24) is 4.90 Å². The van der Waals surface area contributed by atoms with Gasteiger partial charge >= 0.3 is 0 Å². The van der Waals surface area contributed by atoms with Gasteiger partial charge in [0.05, 0.1) is 19.3 Å². The van der Waals surface area contributed by atoms with E-state index < -0.39 is 0 Å². The lowest BCUT2D eigenvalue weighted by Gasteiger charge is -2.35. The summed E-state index contributed by atoms with van der Waals surface area (Å²) in [6, 6.07) is 0.300. The molecule has 1 fully saturated rings. The van der Waals surface area contributed by atoms with E-state index in [2.05, 4.69) is 4.90 Å². The Morgan fingerprint density at radius 2 is 2.33 bits per heavy atom. The van der Waals surface area contributed by atoms with Crippen LogP contribution < -0.4 is 5.73 Å². The predicted molar refractivity (Wildman–Crippen MR) is 45.6 cm³/mol. The van der Waals surface area contributed by atoms with Crippen LogP contribution in [0.5, 0.6) is 0 Å². The molecule has 2 unspecified atom stereocenters. The number of hydrogen-bond acceptors (Lipinski definition) is 3. The number of carbonyl (C=O) groups is 1. The van der Waals surface area contributed by atoms with Gasteiger partial charge in [0.15, 0.2) is 0 Å². The summed E-state index contributed by atoms with van der Waals surface area (Å²) in [5.74, 6) is -0.268. The minimum Gasteiger partial charge on any atom is -0.376 e. The van der Waals surface area contributed by atoms with Gasteiger partial charge in [-0.2, -0.15) is 0 Å². The molecule has 0 bridgehead atoms. The normalized spacial score (nSPS) is 31.8. The minimum absolute atomic E-state index is 0.209. The monoisotopic (exact) mass is 172 g/mol. The van der Waals surface area contributed by atoms with Crippen LogP contribution in [0.1, 0.15) is 13.8 Å². The molecule has 0 aromatic heterocycles. The molecule has 4 nitrogen and oxygen atoms in total. The van der Waals surface area contributed by atoms with E-state index in [1.54, 1.807) is 0 Å². The van der Waals surface area contributed by atoms with Crippen molar-refractivity contribution in [2.75, 3.05) is 19.7 Å². The molecule has 1 aliphatic heterocycles. The Hall–Kier alpha value is -0.610. The van der Waals surface area contributed by atoms with Crippen molar-refractivity contribution in [2.45, 2.75) is 26.0 Å². The Balaban J connectivity index is 2.43.